The highest BCUT2D eigenvalue weighted by molar-refractivity contribution is 5.79. The van der Waals surface area contributed by atoms with Crippen LogP contribution in [0.2, 0.25) is 0 Å². The van der Waals surface area contributed by atoms with Gasteiger partial charge < -0.3 is 15.7 Å². The topological polar surface area (TPSA) is 71.1 Å². The predicted octanol–water partition coefficient (Wildman–Crippen LogP) is 1.79. The van der Waals surface area contributed by atoms with Crippen molar-refractivity contribution >= 4 is 5.84 Å². The molecule has 1 aliphatic rings. The number of hydrogen-bond acceptors (Lipinski definition) is 4. The molecule has 0 amide bonds. The van der Waals surface area contributed by atoms with Crippen molar-refractivity contribution in [2.24, 2.45) is 10.9 Å². The van der Waals surface area contributed by atoms with Gasteiger partial charge in [-0.1, -0.05) is 5.16 Å². The van der Waals surface area contributed by atoms with Gasteiger partial charge >= 0.3 is 0 Å². The molecular weight excluding hydrogens is 230 g/mol. The SMILES string of the molecule is CC1(C)CN(CCCCC(N)=NO)CC(C)(C)O1. The maximum atomic E-state index is 8.46. The Hall–Kier alpha value is -0.810. The summed E-state index contributed by atoms with van der Waals surface area (Å²) in [5, 5.41) is 11.4. The first kappa shape index (κ1) is 15.2. The third kappa shape index (κ3) is 5.23. The van der Waals surface area contributed by atoms with Gasteiger partial charge in [0, 0.05) is 19.5 Å². The number of nitrogens with two attached hydrogens (primary N) is 1. The molecule has 1 rings (SSSR count). The quantitative estimate of drug-likeness (QED) is 0.259. The Morgan fingerprint density at radius 2 is 1.78 bits per heavy atom. The summed E-state index contributed by atoms with van der Waals surface area (Å²) < 4.78 is 6.04. The summed E-state index contributed by atoms with van der Waals surface area (Å²) in [6, 6.07) is 0. The largest absolute Gasteiger partial charge is 0.409 e. The number of oxime groups is 1. The zero-order valence-corrected chi connectivity index (χ0v) is 12.1. The number of rotatable bonds is 5. The van der Waals surface area contributed by atoms with Gasteiger partial charge in [0.05, 0.1) is 11.2 Å². The maximum Gasteiger partial charge on any atom is 0.139 e. The first-order valence-corrected chi connectivity index (χ1v) is 6.63. The zero-order valence-electron chi connectivity index (χ0n) is 12.1. The highest BCUT2D eigenvalue weighted by Gasteiger charge is 2.37. The number of unbranched alkanes of at least 4 members (excludes halogenated alkanes) is 1. The second kappa shape index (κ2) is 5.89. The molecule has 0 spiro atoms. The van der Waals surface area contributed by atoms with E-state index in [4.69, 9.17) is 15.7 Å². The van der Waals surface area contributed by atoms with Crippen molar-refractivity contribution in [2.75, 3.05) is 19.6 Å². The van der Waals surface area contributed by atoms with Crippen molar-refractivity contribution < 1.29 is 9.94 Å². The molecule has 1 fully saturated rings. The lowest BCUT2D eigenvalue weighted by Gasteiger charge is -2.47. The van der Waals surface area contributed by atoms with E-state index < -0.39 is 0 Å². The van der Waals surface area contributed by atoms with Crippen molar-refractivity contribution in [2.45, 2.75) is 58.2 Å². The Balaban J connectivity index is 2.34. The first-order valence-electron chi connectivity index (χ1n) is 6.63. The summed E-state index contributed by atoms with van der Waals surface area (Å²) in [6.45, 7) is 11.5. The van der Waals surface area contributed by atoms with E-state index in [2.05, 4.69) is 37.8 Å². The minimum absolute atomic E-state index is 0.0899. The monoisotopic (exact) mass is 257 g/mol. The fraction of sp³-hybridized carbons (Fsp3) is 0.923. The van der Waals surface area contributed by atoms with Gasteiger partial charge in [-0.2, -0.15) is 0 Å². The van der Waals surface area contributed by atoms with Gasteiger partial charge in [-0.3, -0.25) is 4.90 Å². The molecule has 0 aromatic rings. The van der Waals surface area contributed by atoms with Crippen LogP contribution in [0.3, 0.4) is 0 Å². The van der Waals surface area contributed by atoms with Crippen LogP contribution >= 0.6 is 0 Å². The summed E-state index contributed by atoms with van der Waals surface area (Å²) >= 11 is 0. The van der Waals surface area contributed by atoms with Crippen LogP contribution < -0.4 is 5.73 Å². The summed E-state index contributed by atoms with van der Waals surface area (Å²) in [7, 11) is 0. The lowest BCUT2D eigenvalue weighted by Crippen LogP contribution is -2.57. The molecule has 1 saturated heterocycles. The molecule has 5 nitrogen and oxygen atoms in total. The van der Waals surface area contributed by atoms with E-state index >= 15 is 0 Å². The molecule has 0 aromatic carbocycles. The average molecular weight is 257 g/mol. The molecule has 5 heteroatoms. The predicted molar refractivity (Wildman–Crippen MR) is 72.9 cm³/mol. The van der Waals surface area contributed by atoms with Gasteiger partial charge in [0.1, 0.15) is 5.84 Å². The minimum Gasteiger partial charge on any atom is -0.409 e. The van der Waals surface area contributed by atoms with Gasteiger partial charge in [-0.25, -0.2) is 0 Å². The molecule has 3 N–H and O–H groups in total. The van der Waals surface area contributed by atoms with Crippen LogP contribution in [0.4, 0.5) is 0 Å². The number of nitrogens with zero attached hydrogens (tertiary/aromatic N) is 2. The maximum absolute atomic E-state index is 8.46. The highest BCUT2D eigenvalue weighted by Crippen LogP contribution is 2.28. The standard InChI is InChI=1S/C13H27N3O2/c1-12(2)9-16(10-13(3,4)18-12)8-6-5-7-11(14)15-17/h17H,5-10H2,1-4H3,(H2,14,15). The second-order valence-electron chi connectivity index (χ2n) is 6.38. The Morgan fingerprint density at radius 3 is 2.28 bits per heavy atom. The summed E-state index contributed by atoms with van der Waals surface area (Å²) in [6.07, 6.45) is 2.67. The zero-order chi connectivity index (χ0) is 13.8. The van der Waals surface area contributed by atoms with Gasteiger partial charge in [0.2, 0.25) is 0 Å². The Kier molecular flexibility index (Phi) is 4.99. The van der Waals surface area contributed by atoms with Crippen LogP contribution in [0.1, 0.15) is 47.0 Å². The number of ether oxygens (including phenoxy) is 1. The first-order chi connectivity index (χ1) is 8.24. The lowest BCUT2D eigenvalue weighted by atomic mass is 9.98. The van der Waals surface area contributed by atoms with Crippen LogP contribution in [0.25, 0.3) is 0 Å². The number of morpholine rings is 1. The average Bonchev–Trinajstić information content (AvgIpc) is 2.19. The lowest BCUT2D eigenvalue weighted by molar-refractivity contribution is -0.180. The molecule has 0 radical (unpaired) electrons. The molecule has 0 atom stereocenters. The summed E-state index contributed by atoms with van der Waals surface area (Å²) in [4.78, 5) is 2.44. The van der Waals surface area contributed by atoms with E-state index in [1.54, 1.807) is 0 Å². The summed E-state index contributed by atoms with van der Waals surface area (Å²) in [5.41, 5.74) is 5.26. The van der Waals surface area contributed by atoms with Gasteiger partial charge in [-0.15, -0.1) is 0 Å². The van der Waals surface area contributed by atoms with Crippen LogP contribution in [0.15, 0.2) is 5.16 Å². The smallest absolute Gasteiger partial charge is 0.139 e. The van der Waals surface area contributed by atoms with Gasteiger partial charge in [-0.05, 0) is 47.1 Å². The second-order valence-corrected chi connectivity index (χ2v) is 6.38. The van der Waals surface area contributed by atoms with Crippen LogP contribution in [0, 0.1) is 0 Å². The Labute approximate surface area is 110 Å². The van der Waals surface area contributed by atoms with Crippen molar-refractivity contribution in [1.82, 2.24) is 4.90 Å². The Morgan fingerprint density at radius 1 is 1.22 bits per heavy atom. The van der Waals surface area contributed by atoms with Crippen molar-refractivity contribution in [3.05, 3.63) is 0 Å². The van der Waals surface area contributed by atoms with Crippen LogP contribution in [-0.2, 0) is 4.74 Å². The van der Waals surface area contributed by atoms with Crippen molar-refractivity contribution in [3.8, 4) is 0 Å². The van der Waals surface area contributed by atoms with E-state index in [0.717, 1.165) is 32.5 Å². The molecule has 0 aliphatic carbocycles. The molecule has 1 heterocycles. The molecule has 0 saturated carbocycles. The molecule has 1 aliphatic heterocycles. The van der Waals surface area contributed by atoms with Crippen molar-refractivity contribution in [1.29, 1.82) is 0 Å². The summed E-state index contributed by atoms with van der Waals surface area (Å²) in [5.74, 6) is 0.317. The molecule has 18 heavy (non-hydrogen) atoms. The highest BCUT2D eigenvalue weighted by atomic mass is 16.5. The van der Waals surface area contributed by atoms with E-state index in [9.17, 15) is 0 Å². The third-order valence-electron chi connectivity index (χ3n) is 3.05. The van der Waals surface area contributed by atoms with E-state index in [-0.39, 0.29) is 11.2 Å². The normalized spacial score (nSPS) is 24.1. The molecular formula is C13H27N3O2. The third-order valence-corrected chi connectivity index (χ3v) is 3.05. The van der Waals surface area contributed by atoms with Crippen LogP contribution in [0.5, 0.6) is 0 Å². The fourth-order valence-electron chi connectivity index (χ4n) is 2.80. The number of hydrogen-bond donors (Lipinski definition) is 2. The van der Waals surface area contributed by atoms with E-state index in [0.29, 0.717) is 12.3 Å². The van der Waals surface area contributed by atoms with Gasteiger partial charge in [0.15, 0.2) is 0 Å². The molecule has 0 aromatic heterocycles. The van der Waals surface area contributed by atoms with Gasteiger partial charge in [0.25, 0.3) is 0 Å². The van der Waals surface area contributed by atoms with Crippen molar-refractivity contribution in [3.63, 3.8) is 0 Å². The molecule has 106 valence electrons. The Bertz CT molecular complexity index is 285. The minimum atomic E-state index is -0.0899. The fourth-order valence-corrected chi connectivity index (χ4v) is 2.80. The van der Waals surface area contributed by atoms with E-state index in [1.165, 1.54) is 0 Å². The molecule has 0 unspecified atom stereocenters. The molecule has 0 bridgehead atoms. The van der Waals surface area contributed by atoms with E-state index in [1.807, 2.05) is 0 Å². The van der Waals surface area contributed by atoms with Crippen LogP contribution in [-0.4, -0.2) is 46.8 Å². The number of amidine groups is 1.